The highest BCUT2D eigenvalue weighted by Gasteiger charge is 2.11. The Morgan fingerprint density at radius 3 is 2.50 bits per heavy atom. The molecule has 2 rings (SSSR count). The van der Waals surface area contributed by atoms with Crippen molar-refractivity contribution in [2.24, 2.45) is 0 Å². The van der Waals surface area contributed by atoms with Gasteiger partial charge in [-0.1, -0.05) is 29.8 Å². The molecule has 2 N–H and O–H groups in total. The van der Waals surface area contributed by atoms with Gasteiger partial charge in [0.15, 0.2) is 11.5 Å². The predicted octanol–water partition coefficient (Wildman–Crippen LogP) is 3.61. The molecule has 0 radical (unpaired) electrons. The molecule has 0 spiro atoms. The first-order valence-corrected chi connectivity index (χ1v) is 8.29. The van der Waals surface area contributed by atoms with Gasteiger partial charge < -0.3 is 19.9 Å². The van der Waals surface area contributed by atoms with Crippen LogP contribution in [0.15, 0.2) is 42.5 Å². The van der Waals surface area contributed by atoms with E-state index in [0.29, 0.717) is 11.6 Å². The fraction of sp³-hybridized carbons (Fsp3) is 0.368. The number of methoxy groups -OCH3 is 2. The van der Waals surface area contributed by atoms with Crippen molar-refractivity contribution in [3.05, 3.63) is 58.6 Å². The Bertz CT molecular complexity index is 663. The molecular formula is C19H24ClNO3. The number of rotatable bonds is 8. The summed E-state index contributed by atoms with van der Waals surface area (Å²) in [7, 11) is 3.25. The summed E-state index contributed by atoms with van der Waals surface area (Å²) in [5.74, 6) is 1.44. The minimum absolute atomic E-state index is 0.205. The monoisotopic (exact) mass is 349 g/mol. The molecule has 2 aromatic rings. The molecule has 130 valence electrons. The van der Waals surface area contributed by atoms with Crippen LogP contribution in [0.2, 0.25) is 5.02 Å². The third kappa shape index (κ3) is 5.13. The first kappa shape index (κ1) is 18.6. The van der Waals surface area contributed by atoms with Crippen molar-refractivity contribution < 1.29 is 14.6 Å². The number of hydrogen-bond acceptors (Lipinski definition) is 4. The van der Waals surface area contributed by atoms with Gasteiger partial charge in [-0.15, -0.1) is 0 Å². The number of aliphatic hydroxyl groups excluding tert-OH is 1. The molecule has 0 unspecified atom stereocenters. The molecule has 24 heavy (non-hydrogen) atoms. The Labute approximate surface area is 148 Å². The number of ether oxygens (including phenoxy) is 2. The van der Waals surface area contributed by atoms with Gasteiger partial charge in [0.1, 0.15) is 0 Å². The van der Waals surface area contributed by atoms with E-state index in [1.54, 1.807) is 26.4 Å². The van der Waals surface area contributed by atoms with E-state index in [1.807, 2.05) is 30.3 Å². The predicted molar refractivity (Wildman–Crippen MR) is 97.1 cm³/mol. The highest BCUT2D eigenvalue weighted by molar-refractivity contribution is 6.30. The lowest BCUT2D eigenvalue weighted by molar-refractivity contribution is 0.170. The van der Waals surface area contributed by atoms with Gasteiger partial charge in [-0.2, -0.15) is 0 Å². The molecule has 0 saturated heterocycles. The van der Waals surface area contributed by atoms with Crippen LogP contribution in [0.4, 0.5) is 0 Å². The van der Waals surface area contributed by atoms with E-state index in [2.05, 4.69) is 12.2 Å². The highest BCUT2D eigenvalue weighted by Crippen LogP contribution is 2.28. The van der Waals surface area contributed by atoms with Gasteiger partial charge >= 0.3 is 0 Å². The van der Waals surface area contributed by atoms with Gasteiger partial charge in [-0.05, 0) is 48.7 Å². The maximum Gasteiger partial charge on any atom is 0.160 e. The van der Waals surface area contributed by atoms with Gasteiger partial charge in [-0.25, -0.2) is 0 Å². The van der Waals surface area contributed by atoms with E-state index in [-0.39, 0.29) is 6.04 Å². The fourth-order valence-corrected chi connectivity index (χ4v) is 2.78. The zero-order valence-electron chi connectivity index (χ0n) is 14.3. The standard InChI is InChI=1S/C19H24ClNO3/c1-13(9-14-7-8-18(23-2)19(10-14)24-3)21-12-17(22)15-5-4-6-16(20)11-15/h4-8,10-11,13,17,21-22H,9,12H2,1-3H3/t13-,17+/m0/s1. The number of hydrogen-bond donors (Lipinski definition) is 2. The maximum absolute atomic E-state index is 10.3. The van der Waals surface area contributed by atoms with Crippen molar-refractivity contribution in [2.45, 2.75) is 25.5 Å². The summed E-state index contributed by atoms with van der Waals surface area (Å²) < 4.78 is 10.6. The van der Waals surface area contributed by atoms with Crippen molar-refractivity contribution in [1.29, 1.82) is 0 Å². The molecule has 0 aromatic heterocycles. The molecule has 0 aliphatic carbocycles. The van der Waals surface area contributed by atoms with Crippen LogP contribution in [0.3, 0.4) is 0 Å². The summed E-state index contributed by atoms with van der Waals surface area (Å²) in [6, 6.07) is 13.4. The number of benzene rings is 2. The van der Waals surface area contributed by atoms with Crippen molar-refractivity contribution in [3.63, 3.8) is 0 Å². The number of halogens is 1. The summed E-state index contributed by atoms with van der Waals surface area (Å²) in [5.41, 5.74) is 1.96. The Hall–Kier alpha value is -1.75. The second-order valence-corrected chi connectivity index (χ2v) is 6.21. The zero-order chi connectivity index (χ0) is 17.5. The van der Waals surface area contributed by atoms with Crippen molar-refractivity contribution in [2.75, 3.05) is 20.8 Å². The van der Waals surface area contributed by atoms with E-state index in [9.17, 15) is 5.11 Å². The first-order valence-electron chi connectivity index (χ1n) is 7.91. The van der Waals surface area contributed by atoms with E-state index in [4.69, 9.17) is 21.1 Å². The minimum atomic E-state index is -0.587. The first-order chi connectivity index (χ1) is 11.5. The van der Waals surface area contributed by atoms with Crippen LogP contribution in [0.25, 0.3) is 0 Å². The third-order valence-corrected chi connectivity index (χ3v) is 4.12. The Balaban J connectivity index is 1.90. The van der Waals surface area contributed by atoms with Crippen molar-refractivity contribution >= 4 is 11.6 Å². The maximum atomic E-state index is 10.3. The molecule has 0 aliphatic heterocycles. The smallest absolute Gasteiger partial charge is 0.160 e. The molecule has 2 aromatic carbocycles. The van der Waals surface area contributed by atoms with Crippen LogP contribution in [-0.2, 0) is 6.42 Å². The summed E-state index contributed by atoms with van der Waals surface area (Å²) in [6.45, 7) is 2.55. The molecule has 2 atom stereocenters. The molecule has 0 fully saturated rings. The summed E-state index contributed by atoms with van der Waals surface area (Å²) in [5, 5.41) is 14.2. The zero-order valence-corrected chi connectivity index (χ0v) is 15.0. The average Bonchev–Trinajstić information content (AvgIpc) is 2.59. The quantitative estimate of drug-likeness (QED) is 0.764. The largest absolute Gasteiger partial charge is 0.493 e. The molecular weight excluding hydrogens is 326 g/mol. The molecule has 0 bridgehead atoms. The van der Waals surface area contributed by atoms with Gasteiger partial charge in [0, 0.05) is 17.6 Å². The van der Waals surface area contributed by atoms with E-state index in [1.165, 1.54) is 0 Å². The number of nitrogens with one attached hydrogen (secondary N) is 1. The Kier molecular flexibility index (Phi) is 6.91. The summed E-state index contributed by atoms with van der Waals surface area (Å²) in [6.07, 6.45) is 0.236. The summed E-state index contributed by atoms with van der Waals surface area (Å²) in [4.78, 5) is 0. The van der Waals surface area contributed by atoms with Crippen molar-refractivity contribution in [1.82, 2.24) is 5.32 Å². The van der Waals surface area contributed by atoms with E-state index >= 15 is 0 Å². The topological polar surface area (TPSA) is 50.7 Å². The molecule has 0 aliphatic rings. The Morgan fingerprint density at radius 2 is 1.83 bits per heavy atom. The highest BCUT2D eigenvalue weighted by atomic mass is 35.5. The lowest BCUT2D eigenvalue weighted by Gasteiger charge is -2.18. The van der Waals surface area contributed by atoms with Crippen LogP contribution < -0.4 is 14.8 Å². The summed E-state index contributed by atoms with van der Waals surface area (Å²) >= 11 is 5.96. The van der Waals surface area contributed by atoms with Gasteiger partial charge in [0.25, 0.3) is 0 Å². The van der Waals surface area contributed by atoms with Crippen LogP contribution >= 0.6 is 11.6 Å². The van der Waals surface area contributed by atoms with Gasteiger partial charge in [0.2, 0.25) is 0 Å². The average molecular weight is 350 g/mol. The van der Waals surface area contributed by atoms with E-state index < -0.39 is 6.10 Å². The fourth-order valence-electron chi connectivity index (χ4n) is 2.58. The molecule has 5 heteroatoms. The number of aliphatic hydroxyl groups is 1. The van der Waals surface area contributed by atoms with Gasteiger partial charge in [-0.3, -0.25) is 0 Å². The second kappa shape index (κ2) is 8.92. The molecule has 0 heterocycles. The van der Waals surface area contributed by atoms with Crippen LogP contribution in [0.5, 0.6) is 11.5 Å². The lowest BCUT2D eigenvalue weighted by atomic mass is 10.1. The van der Waals surface area contributed by atoms with Crippen molar-refractivity contribution in [3.8, 4) is 11.5 Å². The minimum Gasteiger partial charge on any atom is -0.493 e. The van der Waals surface area contributed by atoms with Gasteiger partial charge in [0.05, 0.1) is 20.3 Å². The lowest BCUT2D eigenvalue weighted by Crippen LogP contribution is -2.32. The van der Waals surface area contributed by atoms with E-state index in [0.717, 1.165) is 29.0 Å². The van der Waals surface area contributed by atoms with Crippen LogP contribution in [0.1, 0.15) is 24.2 Å². The normalized spacial score (nSPS) is 13.4. The SMILES string of the molecule is COc1ccc(C[C@H](C)NC[C@@H](O)c2cccc(Cl)c2)cc1OC. The Morgan fingerprint density at radius 1 is 1.08 bits per heavy atom. The third-order valence-electron chi connectivity index (χ3n) is 3.88. The van der Waals surface area contributed by atoms with Crippen LogP contribution in [-0.4, -0.2) is 31.9 Å². The van der Waals surface area contributed by atoms with Crippen LogP contribution in [0, 0.1) is 0 Å². The molecule has 4 nitrogen and oxygen atoms in total. The second-order valence-electron chi connectivity index (χ2n) is 5.77. The molecule has 0 saturated carbocycles. The molecule has 0 amide bonds.